The molecule has 5 rings (SSSR count). The Bertz CT molecular complexity index is 1130. The number of aryl methyl sites for hydroxylation is 1. The van der Waals surface area contributed by atoms with Crippen LogP contribution in [0.4, 0.5) is 17.2 Å². The molecule has 0 spiro atoms. The molecule has 0 aliphatic carbocycles. The van der Waals surface area contributed by atoms with Crippen molar-refractivity contribution in [2.24, 2.45) is 0 Å². The van der Waals surface area contributed by atoms with Gasteiger partial charge in [0.1, 0.15) is 11.0 Å². The van der Waals surface area contributed by atoms with Crippen LogP contribution in [0.3, 0.4) is 0 Å². The Morgan fingerprint density at radius 1 is 1.15 bits per heavy atom. The van der Waals surface area contributed by atoms with Crippen molar-refractivity contribution in [3.05, 3.63) is 48.4 Å². The van der Waals surface area contributed by atoms with E-state index in [1.54, 1.807) is 18.5 Å². The van der Waals surface area contributed by atoms with Crippen LogP contribution in [0.2, 0.25) is 0 Å². The number of furan rings is 1. The summed E-state index contributed by atoms with van der Waals surface area (Å²) in [5, 5.41) is 13.3. The van der Waals surface area contributed by atoms with Crippen molar-refractivity contribution in [1.29, 1.82) is 0 Å². The number of benzene rings is 1. The van der Waals surface area contributed by atoms with E-state index in [0.29, 0.717) is 34.9 Å². The van der Waals surface area contributed by atoms with E-state index in [4.69, 9.17) is 4.42 Å². The van der Waals surface area contributed by atoms with Gasteiger partial charge in [-0.2, -0.15) is 5.10 Å². The molecule has 27 heavy (non-hydrogen) atoms. The van der Waals surface area contributed by atoms with Crippen LogP contribution in [-0.2, 0) is 11.2 Å². The highest BCUT2D eigenvalue weighted by Crippen LogP contribution is 2.30. The lowest BCUT2D eigenvalue weighted by Crippen LogP contribution is -2.09. The molecule has 1 aliphatic heterocycles. The molecule has 0 saturated carbocycles. The fourth-order valence-corrected chi connectivity index (χ4v) is 3.22. The SMILES string of the molecule is O=C1CCCc2ccc(Nc3nc(-c4ccco4)nc4cn[nH]c34)cc2N1. The van der Waals surface area contributed by atoms with Crippen molar-refractivity contribution >= 4 is 34.1 Å². The van der Waals surface area contributed by atoms with Gasteiger partial charge in [0.25, 0.3) is 0 Å². The van der Waals surface area contributed by atoms with Crippen molar-refractivity contribution in [2.45, 2.75) is 19.3 Å². The van der Waals surface area contributed by atoms with Crippen LogP contribution in [-0.4, -0.2) is 26.1 Å². The molecular formula is C19H16N6O2. The van der Waals surface area contributed by atoms with Crippen molar-refractivity contribution in [3.63, 3.8) is 0 Å². The van der Waals surface area contributed by atoms with Gasteiger partial charge in [0.2, 0.25) is 5.91 Å². The van der Waals surface area contributed by atoms with E-state index in [9.17, 15) is 4.79 Å². The number of anilines is 3. The van der Waals surface area contributed by atoms with Gasteiger partial charge in [0.15, 0.2) is 17.4 Å². The normalized spacial score (nSPS) is 13.9. The summed E-state index contributed by atoms with van der Waals surface area (Å²) in [6.45, 7) is 0. The quantitative estimate of drug-likeness (QED) is 0.515. The van der Waals surface area contributed by atoms with Gasteiger partial charge in [-0.25, -0.2) is 9.97 Å². The van der Waals surface area contributed by atoms with Gasteiger partial charge < -0.3 is 15.1 Å². The van der Waals surface area contributed by atoms with E-state index in [1.807, 2.05) is 24.3 Å². The summed E-state index contributed by atoms with van der Waals surface area (Å²) in [5.41, 5.74) is 4.17. The number of carbonyl (C=O) groups excluding carboxylic acids is 1. The highest BCUT2D eigenvalue weighted by molar-refractivity contribution is 5.93. The first-order valence-electron chi connectivity index (χ1n) is 8.71. The number of H-pyrrole nitrogens is 1. The summed E-state index contributed by atoms with van der Waals surface area (Å²) in [6, 6.07) is 9.54. The summed E-state index contributed by atoms with van der Waals surface area (Å²) in [7, 11) is 0. The molecule has 4 aromatic rings. The number of nitrogens with one attached hydrogen (secondary N) is 3. The molecule has 3 N–H and O–H groups in total. The maximum absolute atomic E-state index is 11.9. The fourth-order valence-electron chi connectivity index (χ4n) is 3.22. The monoisotopic (exact) mass is 360 g/mol. The van der Waals surface area contributed by atoms with Gasteiger partial charge in [-0.3, -0.25) is 9.89 Å². The van der Waals surface area contributed by atoms with Crippen LogP contribution in [0.25, 0.3) is 22.6 Å². The number of amides is 1. The first kappa shape index (κ1) is 15.6. The minimum Gasteiger partial charge on any atom is -0.461 e. The van der Waals surface area contributed by atoms with Crippen LogP contribution in [0.5, 0.6) is 0 Å². The number of aromatic amines is 1. The molecule has 0 bridgehead atoms. The second kappa shape index (κ2) is 6.24. The summed E-state index contributed by atoms with van der Waals surface area (Å²) >= 11 is 0. The lowest BCUT2D eigenvalue weighted by molar-refractivity contribution is -0.116. The standard InChI is InChI=1S/C19H16N6O2/c26-16-5-1-3-11-6-7-12(9-13(11)22-16)21-19-17-14(10-20-25-17)23-18(24-19)15-4-2-8-27-15/h2,4,6-10H,1,3,5H2,(H,20,25)(H,22,26)(H,21,23,24). The van der Waals surface area contributed by atoms with E-state index in [2.05, 4.69) is 30.8 Å². The summed E-state index contributed by atoms with van der Waals surface area (Å²) in [5.74, 6) is 1.68. The topological polar surface area (TPSA) is 109 Å². The van der Waals surface area contributed by atoms with E-state index in [-0.39, 0.29) is 5.91 Å². The average molecular weight is 360 g/mol. The Morgan fingerprint density at radius 2 is 2.11 bits per heavy atom. The minimum atomic E-state index is 0.0454. The first-order chi connectivity index (χ1) is 13.3. The predicted molar refractivity (Wildman–Crippen MR) is 101 cm³/mol. The zero-order valence-corrected chi connectivity index (χ0v) is 14.3. The van der Waals surface area contributed by atoms with Gasteiger partial charge in [0, 0.05) is 17.8 Å². The maximum atomic E-state index is 11.9. The Hall–Kier alpha value is -3.68. The molecule has 3 aromatic heterocycles. The lowest BCUT2D eigenvalue weighted by Gasteiger charge is -2.12. The molecule has 0 fully saturated rings. The van der Waals surface area contributed by atoms with Gasteiger partial charge in [-0.05, 0) is 42.7 Å². The second-order valence-corrected chi connectivity index (χ2v) is 6.40. The van der Waals surface area contributed by atoms with Crippen LogP contribution in [0.1, 0.15) is 18.4 Å². The smallest absolute Gasteiger partial charge is 0.224 e. The van der Waals surface area contributed by atoms with Crippen LogP contribution in [0, 0.1) is 0 Å². The summed E-state index contributed by atoms with van der Waals surface area (Å²) < 4.78 is 5.42. The van der Waals surface area contributed by atoms with Crippen molar-refractivity contribution in [3.8, 4) is 11.6 Å². The second-order valence-electron chi connectivity index (χ2n) is 6.40. The van der Waals surface area contributed by atoms with E-state index in [1.165, 1.54) is 0 Å². The van der Waals surface area contributed by atoms with Crippen molar-refractivity contribution in [2.75, 3.05) is 10.6 Å². The van der Waals surface area contributed by atoms with Gasteiger partial charge in [0.05, 0.1) is 12.5 Å². The van der Waals surface area contributed by atoms with Crippen LogP contribution >= 0.6 is 0 Å². The molecule has 0 atom stereocenters. The summed E-state index contributed by atoms with van der Waals surface area (Å²) in [4.78, 5) is 20.9. The molecule has 134 valence electrons. The molecule has 4 heterocycles. The van der Waals surface area contributed by atoms with Crippen LogP contribution in [0.15, 0.2) is 47.2 Å². The lowest BCUT2D eigenvalue weighted by atomic mass is 10.1. The number of hydrogen-bond acceptors (Lipinski definition) is 6. The van der Waals surface area contributed by atoms with E-state index < -0.39 is 0 Å². The highest BCUT2D eigenvalue weighted by Gasteiger charge is 2.16. The predicted octanol–water partition coefficient (Wildman–Crippen LogP) is 3.63. The molecule has 0 unspecified atom stereocenters. The number of carbonyl (C=O) groups is 1. The number of fused-ring (bicyclic) bond motifs is 2. The van der Waals surface area contributed by atoms with Crippen molar-refractivity contribution < 1.29 is 9.21 Å². The number of hydrogen-bond donors (Lipinski definition) is 3. The molecule has 1 aromatic carbocycles. The number of aromatic nitrogens is 4. The Kier molecular flexibility index (Phi) is 3.60. The number of rotatable bonds is 3. The third-order valence-electron chi connectivity index (χ3n) is 4.54. The van der Waals surface area contributed by atoms with E-state index >= 15 is 0 Å². The number of nitrogens with zero attached hydrogens (tertiary/aromatic N) is 3. The largest absolute Gasteiger partial charge is 0.461 e. The van der Waals surface area contributed by atoms with Gasteiger partial charge in [-0.15, -0.1) is 0 Å². The molecule has 0 radical (unpaired) electrons. The molecule has 8 nitrogen and oxygen atoms in total. The van der Waals surface area contributed by atoms with Gasteiger partial charge in [-0.1, -0.05) is 6.07 Å². The Labute approximate surface area is 154 Å². The third-order valence-corrected chi connectivity index (χ3v) is 4.54. The molecule has 1 amide bonds. The Balaban J connectivity index is 1.55. The molecule has 0 saturated heterocycles. The zero-order chi connectivity index (χ0) is 18.2. The van der Waals surface area contributed by atoms with Gasteiger partial charge >= 0.3 is 0 Å². The van der Waals surface area contributed by atoms with Crippen LogP contribution < -0.4 is 10.6 Å². The fraction of sp³-hybridized carbons (Fsp3) is 0.158. The van der Waals surface area contributed by atoms with E-state index in [0.717, 1.165) is 29.8 Å². The molecule has 1 aliphatic rings. The zero-order valence-electron chi connectivity index (χ0n) is 14.3. The maximum Gasteiger partial charge on any atom is 0.224 e. The Morgan fingerprint density at radius 3 is 3.00 bits per heavy atom. The highest BCUT2D eigenvalue weighted by atomic mass is 16.3. The molecule has 8 heteroatoms. The third kappa shape index (κ3) is 2.91. The first-order valence-corrected chi connectivity index (χ1v) is 8.71. The summed E-state index contributed by atoms with van der Waals surface area (Å²) in [6.07, 6.45) is 5.52. The minimum absolute atomic E-state index is 0.0454. The molecular weight excluding hydrogens is 344 g/mol. The van der Waals surface area contributed by atoms with Crippen molar-refractivity contribution in [1.82, 2.24) is 20.2 Å². The average Bonchev–Trinajstić information content (AvgIpc) is 3.31.